The largest absolute Gasteiger partial charge is 0.502 e. The van der Waals surface area contributed by atoms with Crippen LogP contribution in [0.4, 0.5) is 5.13 Å². The third-order valence-electron chi connectivity index (χ3n) is 6.82. The molecular weight excluding hydrogens is 492 g/mol. The summed E-state index contributed by atoms with van der Waals surface area (Å²) < 4.78 is 10.5. The Kier molecular flexibility index (Phi) is 13.2. The van der Waals surface area contributed by atoms with E-state index in [1.54, 1.807) is 29.7 Å². The lowest BCUT2D eigenvalue weighted by Crippen LogP contribution is -1.92. The standard InChI is InChI=1S/C32H44N2O3S/c1-4-5-6-7-8-9-10-11-12-13-14-18-21-29-30(26-19-16-15-17-20-26)34-32(38-29)33-24-25-22-27(36-2)31(35)28(23-25)37-3/h15-17,19-20,22-24,35H,4-14,18,21H2,1-3H3/b33-24+. The summed E-state index contributed by atoms with van der Waals surface area (Å²) in [7, 11) is 3.04. The summed E-state index contributed by atoms with van der Waals surface area (Å²) in [6, 6.07) is 13.8. The van der Waals surface area contributed by atoms with E-state index >= 15 is 0 Å². The van der Waals surface area contributed by atoms with Gasteiger partial charge in [-0.25, -0.2) is 9.98 Å². The first-order valence-electron chi connectivity index (χ1n) is 14.2. The number of unbranched alkanes of at least 4 members (excludes halogenated alkanes) is 11. The highest BCUT2D eigenvalue weighted by Gasteiger charge is 2.14. The number of ether oxygens (including phenoxy) is 2. The molecule has 0 radical (unpaired) electrons. The van der Waals surface area contributed by atoms with Crippen LogP contribution in [0.1, 0.15) is 94.4 Å². The third kappa shape index (κ3) is 9.46. The normalized spacial score (nSPS) is 11.3. The van der Waals surface area contributed by atoms with Gasteiger partial charge in [-0.05, 0) is 25.0 Å². The second-order valence-corrected chi connectivity index (χ2v) is 10.9. The number of phenols is 1. The van der Waals surface area contributed by atoms with E-state index in [0.29, 0.717) is 11.5 Å². The quantitative estimate of drug-likeness (QED) is 0.130. The van der Waals surface area contributed by atoms with Gasteiger partial charge in [-0.3, -0.25) is 0 Å². The highest BCUT2D eigenvalue weighted by molar-refractivity contribution is 7.15. The predicted octanol–water partition coefficient (Wildman–Crippen LogP) is 9.53. The van der Waals surface area contributed by atoms with Crippen molar-refractivity contribution in [3.8, 4) is 28.5 Å². The molecule has 0 aliphatic carbocycles. The number of phenolic OH excluding ortho intramolecular Hbond substituents is 1. The molecule has 2 aromatic carbocycles. The first kappa shape index (κ1) is 29.7. The molecule has 0 saturated heterocycles. The van der Waals surface area contributed by atoms with Crippen LogP contribution in [0.25, 0.3) is 11.3 Å². The maximum Gasteiger partial charge on any atom is 0.209 e. The van der Waals surface area contributed by atoms with Crippen LogP contribution in [0.5, 0.6) is 17.2 Å². The highest BCUT2D eigenvalue weighted by Crippen LogP contribution is 2.37. The molecule has 0 atom stereocenters. The van der Waals surface area contributed by atoms with Crippen molar-refractivity contribution in [3.05, 3.63) is 52.9 Å². The molecule has 5 nitrogen and oxygen atoms in total. The van der Waals surface area contributed by atoms with Gasteiger partial charge >= 0.3 is 0 Å². The molecule has 3 aromatic rings. The molecule has 0 saturated carbocycles. The van der Waals surface area contributed by atoms with Gasteiger partial charge in [0.2, 0.25) is 10.9 Å². The molecule has 1 N–H and O–H groups in total. The second kappa shape index (κ2) is 16.9. The lowest BCUT2D eigenvalue weighted by atomic mass is 10.0. The number of nitrogens with zero attached hydrogens (tertiary/aromatic N) is 2. The minimum atomic E-state index is -0.0162. The van der Waals surface area contributed by atoms with Gasteiger partial charge in [0.15, 0.2) is 11.5 Å². The Hall–Kier alpha value is -2.86. The topological polar surface area (TPSA) is 63.9 Å². The molecule has 6 heteroatoms. The highest BCUT2D eigenvalue weighted by atomic mass is 32.1. The Balaban J connectivity index is 1.55. The van der Waals surface area contributed by atoms with Crippen LogP contribution in [-0.2, 0) is 6.42 Å². The SMILES string of the molecule is CCCCCCCCCCCCCCc1sc(/N=C/c2cc(OC)c(O)c(OC)c2)nc1-c1ccccc1. The maximum atomic E-state index is 10.2. The van der Waals surface area contributed by atoms with Crippen molar-refractivity contribution in [2.75, 3.05) is 14.2 Å². The fraction of sp³-hybridized carbons (Fsp3) is 0.500. The Morgan fingerprint density at radius 2 is 1.37 bits per heavy atom. The molecule has 3 rings (SSSR count). The van der Waals surface area contributed by atoms with Gasteiger partial charge in [-0.15, -0.1) is 0 Å². The number of methoxy groups -OCH3 is 2. The molecule has 1 heterocycles. The molecule has 0 unspecified atom stereocenters. The lowest BCUT2D eigenvalue weighted by molar-refractivity contribution is 0.340. The van der Waals surface area contributed by atoms with E-state index in [0.717, 1.165) is 28.4 Å². The van der Waals surface area contributed by atoms with Crippen molar-refractivity contribution < 1.29 is 14.6 Å². The fourth-order valence-corrected chi connectivity index (χ4v) is 5.60. The van der Waals surface area contributed by atoms with Crippen LogP contribution in [-0.4, -0.2) is 30.5 Å². The van der Waals surface area contributed by atoms with Crippen LogP contribution in [0.2, 0.25) is 0 Å². The van der Waals surface area contributed by atoms with Crippen molar-refractivity contribution in [1.82, 2.24) is 4.98 Å². The number of aryl methyl sites for hydroxylation is 1. The van der Waals surface area contributed by atoms with E-state index in [1.165, 1.54) is 96.1 Å². The second-order valence-electron chi connectivity index (χ2n) is 9.81. The van der Waals surface area contributed by atoms with Crippen LogP contribution in [0.15, 0.2) is 47.5 Å². The van der Waals surface area contributed by atoms with E-state index in [2.05, 4.69) is 36.2 Å². The summed E-state index contributed by atoms with van der Waals surface area (Å²) >= 11 is 1.66. The number of aromatic nitrogens is 1. The summed E-state index contributed by atoms with van der Waals surface area (Å²) in [4.78, 5) is 10.8. The van der Waals surface area contributed by atoms with Crippen LogP contribution < -0.4 is 9.47 Å². The summed E-state index contributed by atoms with van der Waals surface area (Å²) in [5.41, 5.74) is 2.94. The molecule has 38 heavy (non-hydrogen) atoms. The number of benzene rings is 2. The molecule has 1 aromatic heterocycles. The smallest absolute Gasteiger partial charge is 0.209 e. The molecule has 0 aliphatic heterocycles. The summed E-state index contributed by atoms with van der Waals surface area (Å²) in [6.07, 6.45) is 19.0. The minimum Gasteiger partial charge on any atom is -0.502 e. The third-order valence-corrected chi connectivity index (χ3v) is 7.84. The van der Waals surface area contributed by atoms with Crippen molar-refractivity contribution in [1.29, 1.82) is 0 Å². The van der Waals surface area contributed by atoms with Gasteiger partial charge in [-0.2, -0.15) is 0 Å². The van der Waals surface area contributed by atoms with Crippen LogP contribution >= 0.6 is 11.3 Å². The molecule has 0 fully saturated rings. The minimum absolute atomic E-state index is 0.0162. The van der Waals surface area contributed by atoms with E-state index in [1.807, 2.05) is 6.07 Å². The molecule has 0 spiro atoms. The zero-order chi connectivity index (χ0) is 27.0. The van der Waals surface area contributed by atoms with Gasteiger partial charge in [0.05, 0.1) is 19.9 Å². The Labute approximate surface area is 233 Å². The Morgan fingerprint density at radius 1 is 0.816 bits per heavy atom. The van der Waals surface area contributed by atoms with E-state index in [9.17, 15) is 5.11 Å². The van der Waals surface area contributed by atoms with Crippen LogP contribution in [0, 0.1) is 0 Å². The molecular formula is C32H44N2O3S. The van der Waals surface area contributed by atoms with Crippen LogP contribution in [0.3, 0.4) is 0 Å². The first-order chi connectivity index (χ1) is 18.7. The zero-order valence-corrected chi connectivity index (χ0v) is 24.2. The number of aromatic hydroxyl groups is 1. The van der Waals surface area contributed by atoms with Crippen molar-refractivity contribution in [2.45, 2.75) is 90.4 Å². The lowest BCUT2D eigenvalue weighted by Gasteiger charge is -2.08. The van der Waals surface area contributed by atoms with E-state index < -0.39 is 0 Å². The van der Waals surface area contributed by atoms with Crippen molar-refractivity contribution in [2.24, 2.45) is 4.99 Å². The van der Waals surface area contributed by atoms with Gasteiger partial charge in [0, 0.05) is 22.2 Å². The van der Waals surface area contributed by atoms with Gasteiger partial charge in [-0.1, -0.05) is 119 Å². The van der Waals surface area contributed by atoms with Crippen molar-refractivity contribution >= 4 is 22.7 Å². The van der Waals surface area contributed by atoms with E-state index in [-0.39, 0.29) is 5.75 Å². The summed E-state index contributed by atoms with van der Waals surface area (Å²) in [5, 5.41) is 10.9. The fourth-order valence-electron chi connectivity index (χ4n) is 4.63. The summed E-state index contributed by atoms with van der Waals surface area (Å²) in [6.45, 7) is 2.28. The Morgan fingerprint density at radius 3 is 1.92 bits per heavy atom. The number of thiazole rings is 1. The van der Waals surface area contributed by atoms with Gasteiger partial charge in [0.25, 0.3) is 0 Å². The number of rotatable bonds is 18. The van der Waals surface area contributed by atoms with Gasteiger partial charge < -0.3 is 14.6 Å². The Bertz CT molecular complexity index is 1090. The van der Waals surface area contributed by atoms with E-state index in [4.69, 9.17) is 14.5 Å². The van der Waals surface area contributed by atoms with Crippen molar-refractivity contribution in [3.63, 3.8) is 0 Å². The number of hydrogen-bond donors (Lipinski definition) is 1. The molecule has 0 aliphatic rings. The monoisotopic (exact) mass is 536 g/mol. The molecule has 0 amide bonds. The summed E-state index contributed by atoms with van der Waals surface area (Å²) in [5.74, 6) is 0.683. The molecule has 206 valence electrons. The average molecular weight is 537 g/mol. The number of aliphatic imine (C=N–C) groups is 1. The zero-order valence-electron chi connectivity index (χ0n) is 23.4. The molecule has 0 bridgehead atoms. The predicted molar refractivity (Wildman–Crippen MR) is 161 cm³/mol. The first-order valence-corrected chi connectivity index (χ1v) is 15.0. The van der Waals surface area contributed by atoms with Gasteiger partial charge in [0.1, 0.15) is 0 Å². The average Bonchev–Trinajstić information content (AvgIpc) is 3.36. The maximum absolute atomic E-state index is 10.2. The number of hydrogen-bond acceptors (Lipinski definition) is 6.